The lowest BCUT2D eigenvalue weighted by Gasteiger charge is -2.13. The Bertz CT molecular complexity index is 752. The van der Waals surface area contributed by atoms with Crippen molar-refractivity contribution in [2.24, 2.45) is 0 Å². The van der Waals surface area contributed by atoms with E-state index in [0.29, 0.717) is 0 Å². The van der Waals surface area contributed by atoms with E-state index in [-0.39, 0.29) is 11.5 Å². The monoisotopic (exact) mass is 265 g/mol. The second kappa shape index (κ2) is 4.93. The van der Waals surface area contributed by atoms with Gasteiger partial charge in [-0.15, -0.1) is 0 Å². The summed E-state index contributed by atoms with van der Waals surface area (Å²) in [6, 6.07) is 16.0. The van der Waals surface area contributed by atoms with Gasteiger partial charge in [0, 0.05) is 10.5 Å². The van der Waals surface area contributed by atoms with E-state index in [9.17, 15) is 10.1 Å². The van der Waals surface area contributed by atoms with Crippen molar-refractivity contribution in [1.82, 2.24) is 0 Å². The number of nitrogens with zero attached hydrogens (tertiary/aromatic N) is 1. The number of benzene rings is 3. The van der Waals surface area contributed by atoms with Crippen molar-refractivity contribution in [3.8, 4) is 0 Å². The summed E-state index contributed by atoms with van der Waals surface area (Å²) in [5, 5.41) is 15.3. The van der Waals surface area contributed by atoms with Gasteiger partial charge in [0.15, 0.2) is 0 Å². The molecule has 0 fully saturated rings. The van der Waals surface area contributed by atoms with Crippen LogP contribution in [0.25, 0.3) is 21.5 Å². The Balaban J connectivity index is 2.52. The molecule has 0 aliphatic rings. The van der Waals surface area contributed by atoms with Crippen LogP contribution in [-0.4, -0.2) is 4.92 Å². The molecule has 3 heteroatoms. The first-order valence-electron chi connectivity index (χ1n) is 6.75. The largest absolute Gasteiger partial charge is 0.264 e. The minimum Gasteiger partial charge on any atom is -0.264 e. The molecule has 0 spiro atoms. The van der Waals surface area contributed by atoms with Crippen molar-refractivity contribution in [2.45, 2.75) is 19.9 Å². The number of hydrogen-bond acceptors (Lipinski definition) is 2. The molecular weight excluding hydrogens is 250 g/mol. The summed E-state index contributed by atoms with van der Waals surface area (Å²) >= 11 is 0. The molecule has 0 N–H and O–H groups in total. The summed E-state index contributed by atoms with van der Waals surface area (Å²) in [5.41, 5.74) is 2.08. The molecule has 100 valence electrons. The van der Waals surface area contributed by atoms with E-state index in [1.54, 1.807) is 0 Å². The smallest absolute Gasteiger partial charge is 0.230 e. The Morgan fingerprint density at radius 1 is 0.850 bits per heavy atom. The molecule has 20 heavy (non-hydrogen) atoms. The molecule has 0 aliphatic carbocycles. The summed E-state index contributed by atoms with van der Waals surface area (Å²) < 4.78 is 0. The summed E-state index contributed by atoms with van der Waals surface area (Å²) in [5.74, 6) is 0. The van der Waals surface area contributed by atoms with Crippen LogP contribution in [0.5, 0.6) is 0 Å². The van der Waals surface area contributed by atoms with Crippen LogP contribution >= 0.6 is 0 Å². The van der Waals surface area contributed by atoms with Crippen molar-refractivity contribution in [3.63, 3.8) is 0 Å². The Morgan fingerprint density at radius 2 is 1.25 bits per heavy atom. The fourth-order valence-corrected chi connectivity index (χ4v) is 2.99. The normalized spacial score (nSPS) is 11.1. The van der Waals surface area contributed by atoms with Crippen molar-refractivity contribution in [2.75, 3.05) is 0 Å². The van der Waals surface area contributed by atoms with E-state index in [1.807, 2.05) is 36.4 Å². The Hall–Kier alpha value is -2.42. The van der Waals surface area contributed by atoms with E-state index >= 15 is 0 Å². The SMILES string of the molecule is CCc1c2ccccc2c(C[N+](=O)[O-])c2ccccc12. The van der Waals surface area contributed by atoms with Crippen LogP contribution in [0.4, 0.5) is 0 Å². The van der Waals surface area contributed by atoms with Gasteiger partial charge in [-0.25, -0.2) is 0 Å². The van der Waals surface area contributed by atoms with Crippen LogP contribution in [0.3, 0.4) is 0 Å². The van der Waals surface area contributed by atoms with Gasteiger partial charge >= 0.3 is 0 Å². The third-order valence-electron chi connectivity index (χ3n) is 3.80. The highest BCUT2D eigenvalue weighted by Gasteiger charge is 2.15. The highest BCUT2D eigenvalue weighted by atomic mass is 16.6. The van der Waals surface area contributed by atoms with Crippen LogP contribution in [0.15, 0.2) is 48.5 Å². The van der Waals surface area contributed by atoms with Crippen LogP contribution in [0.1, 0.15) is 18.1 Å². The van der Waals surface area contributed by atoms with E-state index in [1.165, 1.54) is 5.56 Å². The van der Waals surface area contributed by atoms with Crippen molar-refractivity contribution >= 4 is 21.5 Å². The van der Waals surface area contributed by atoms with E-state index in [4.69, 9.17) is 0 Å². The highest BCUT2D eigenvalue weighted by molar-refractivity contribution is 6.05. The van der Waals surface area contributed by atoms with Crippen molar-refractivity contribution in [1.29, 1.82) is 0 Å². The third-order valence-corrected chi connectivity index (χ3v) is 3.80. The van der Waals surface area contributed by atoms with Gasteiger partial charge in [-0.2, -0.15) is 0 Å². The molecule has 0 aromatic heterocycles. The minimum absolute atomic E-state index is 0.134. The highest BCUT2D eigenvalue weighted by Crippen LogP contribution is 2.33. The zero-order valence-electron chi connectivity index (χ0n) is 11.3. The van der Waals surface area contributed by atoms with Gasteiger partial charge in [-0.05, 0) is 33.5 Å². The summed E-state index contributed by atoms with van der Waals surface area (Å²) in [7, 11) is 0. The molecule has 3 aromatic rings. The van der Waals surface area contributed by atoms with Gasteiger partial charge in [-0.1, -0.05) is 55.5 Å². The average molecular weight is 265 g/mol. The first-order chi connectivity index (χ1) is 9.72. The van der Waals surface area contributed by atoms with Gasteiger partial charge in [0.25, 0.3) is 0 Å². The first kappa shape index (κ1) is 12.6. The molecule has 0 heterocycles. The average Bonchev–Trinajstić information content (AvgIpc) is 2.47. The molecule has 3 aromatic carbocycles. The van der Waals surface area contributed by atoms with Gasteiger partial charge in [0.1, 0.15) is 0 Å². The Morgan fingerprint density at radius 3 is 1.60 bits per heavy atom. The molecule has 3 nitrogen and oxygen atoms in total. The van der Waals surface area contributed by atoms with E-state index in [2.05, 4.69) is 19.1 Å². The van der Waals surface area contributed by atoms with Gasteiger partial charge in [0.2, 0.25) is 6.54 Å². The van der Waals surface area contributed by atoms with E-state index < -0.39 is 0 Å². The van der Waals surface area contributed by atoms with Crippen LogP contribution in [0, 0.1) is 10.1 Å². The Kier molecular flexibility index (Phi) is 3.11. The fourth-order valence-electron chi connectivity index (χ4n) is 2.99. The molecule has 0 bridgehead atoms. The number of hydrogen-bond donors (Lipinski definition) is 0. The molecule has 0 radical (unpaired) electrons. The summed E-state index contributed by atoms with van der Waals surface area (Å²) in [6.07, 6.45) is 0.916. The van der Waals surface area contributed by atoms with Crippen LogP contribution < -0.4 is 0 Å². The maximum Gasteiger partial charge on any atom is 0.230 e. The first-order valence-corrected chi connectivity index (χ1v) is 6.75. The molecule has 0 atom stereocenters. The number of rotatable bonds is 3. The van der Waals surface area contributed by atoms with E-state index in [0.717, 1.165) is 33.5 Å². The molecule has 0 saturated heterocycles. The maximum atomic E-state index is 11.0. The number of fused-ring (bicyclic) bond motifs is 2. The second-order valence-electron chi connectivity index (χ2n) is 4.89. The minimum atomic E-state index is -0.250. The standard InChI is InChI=1S/C17H15NO2/c1-2-12-13-7-3-5-9-15(13)17(11-18(19)20)16-10-6-4-8-14(12)16/h3-10H,2,11H2,1H3. The molecule has 0 unspecified atom stereocenters. The second-order valence-corrected chi connectivity index (χ2v) is 4.89. The lowest BCUT2D eigenvalue weighted by molar-refractivity contribution is -0.496. The lowest BCUT2D eigenvalue weighted by Crippen LogP contribution is -2.02. The fraction of sp³-hybridized carbons (Fsp3) is 0.176. The lowest BCUT2D eigenvalue weighted by atomic mass is 9.91. The molecule has 0 saturated carbocycles. The Labute approximate surface area is 117 Å². The predicted octanol–water partition coefficient (Wildman–Crippen LogP) is 4.33. The topological polar surface area (TPSA) is 43.1 Å². The summed E-state index contributed by atoms with van der Waals surface area (Å²) in [6.45, 7) is 1.99. The molecule has 0 aliphatic heterocycles. The van der Waals surface area contributed by atoms with Crippen molar-refractivity contribution < 1.29 is 4.92 Å². The maximum absolute atomic E-state index is 11.0. The summed E-state index contributed by atoms with van der Waals surface area (Å²) in [4.78, 5) is 10.8. The van der Waals surface area contributed by atoms with Gasteiger partial charge in [-0.3, -0.25) is 10.1 Å². The zero-order valence-corrected chi connectivity index (χ0v) is 11.3. The third kappa shape index (κ3) is 1.92. The molecular formula is C17H15NO2. The van der Waals surface area contributed by atoms with Crippen LogP contribution in [0.2, 0.25) is 0 Å². The van der Waals surface area contributed by atoms with Crippen molar-refractivity contribution in [3.05, 3.63) is 69.8 Å². The van der Waals surface area contributed by atoms with Crippen LogP contribution in [-0.2, 0) is 13.0 Å². The quantitative estimate of drug-likeness (QED) is 0.402. The predicted molar refractivity (Wildman–Crippen MR) is 81.5 cm³/mol. The molecule has 3 rings (SSSR count). The zero-order chi connectivity index (χ0) is 14.1. The number of aryl methyl sites for hydroxylation is 1. The molecule has 0 amide bonds. The van der Waals surface area contributed by atoms with Gasteiger partial charge < -0.3 is 0 Å². The number of nitro groups is 1. The van der Waals surface area contributed by atoms with Gasteiger partial charge in [0.05, 0.1) is 0 Å².